The highest BCUT2D eigenvalue weighted by Gasteiger charge is 2.17. The first-order chi connectivity index (χ1) is 13.6. The lowest BCUT2D eigenvalue weighted by Gasteiger charge is -2.13. The van der Waals surface area contributed by atoms with Gasteiger partial charge in [0.15, 0.2) is 11.5 Å². The number of aromatic nitrogens is 4. The number of hydrogen-bond donors (Lipinski definition) is 1. The van der Waals surface area contributed by atoms with Gasteiger partial charge in [-0.05, 0) is 69.7 Å². The van der Waals surface area contributed by atoms with Gasteiger partial charge in [0.25, 0.3) is 0 Å². The zero-order valence-electron chi connectivity index (χ0n) is 16.6. The van der Waals surface area contributed by atoms with Crippen molar-refractivity contribution in [3.8, 4) is 5.82 Å². The molecule has 0 atom stereocenters. The summed E-state index contributed by atoms with van der Waals surface area (Å²) in [6.45, 7) is 4.89. The number of amides is 1. The molecule has 0 saturated heterocycles. The van der Waals surface area contributed by atoms with E-state index in [1.807, 2.05) is 36.0 Å². The number of carbonyl (C=O) groups is 1. The molecule has 0 bridgehead atoms. The SMILES string of the molecule is Cc1cc(C)c2c(-n3cccc3)nn(CC(=O)NCCC3=CCCCC3)c2n1. The summed E-state index contributed by atoms with van der Waals surface area (Å²) in [5.41, 5.74) is 4.27. The second-order valence-electron chi connectivity index (χ2n) is 7.56. The van der Waals surface area contributed by atoms with Gasteiger partial charge in [-0.1, -0.05) is 11.6 Å². The number of carbonyl (C=O) groups excluding carboxylic acids is 1. The van der Waals surface area contributed by atoms with E-state index in [4.69, 9.17) is 5.10 Å². The van der Waals surface area contributed by atoms with Gasteiger partial charge >= 0.3 is 0 Å². The van der Waals surface area contributed by atoms with Crippen molar-refractivity contribution in [2.75, 3.05) is 6.54 Å². The molecule has 0 spiro atoms. The summed E-state index contributed by atoms with van der Waals surface area (Å²) in [5.74, 6) is 0.783. The number of nitrogens with one attached hydrogen (secondary N) is 1. The van der Waals surface area contributed by atoms with Gasteiger partial charge in [-0.15, -0.1) is 0 Å². The molecule has 28 heavy (non-hydrogen) atoms. The van der Waals surface area contributed by atoms with Crippen LogP contribution < -0.4 is 5.32 Å². The van der Waals surface area contributed by atoms with Gasteiger partial charge in [0.2, 0.25) is 5.91 Å². The first kappa shape index (κ1) is 18.5. The van der Waals surface area contributed by atoms with Crippen LogP contribution in [0.4, 0.5) is 0 Å². The summed E-state index contributed by atoms with van der Waals surface area (Å²) < 4.78 is 3.69. The highest BCUT2D eigenvalue weighted by atomic mass is 16.2. The van der Waals surface area contributed by atoms with Crippen LogP contribution in [-0.4, -0.2) is 31.8 Å². The van der Waals surface area contributed by atoms with Gasteiger partial charge in [0, 0.05) is 24.6 Å². The van der Waals surface area contributed by atoms with E-state index in [-0.39, 0.29) is 12.5 Å². The average Bonchev–Trinajstić information content (AvgIpc) is 3.31. The highest BCUT2D eigenvalue weighted by Crippen LogP contribution is 2.25. The normalized spacial score (nSPS) is 14.3. The minimum atomic E-state index is -0.0270. The van der Waals surface area contributed by atoms with Crippen LogP contribution in [0.3, 0.4) is 0 Å². The van der Waals surface area contributed by atoms with E-state index >= 15 is 0 Å². The summed E-state index contributed by atoms with van der Waals surface area (Å²) in [4.78, 5) is 17.2. The molecule has 0 fully saturated rings. The lowest BCUT2D eigenvalue weighted by molar-refractivity contribution is -0.121. The van der Waals surface area contributed by atoms with E-state index in [1.165, 1.54) is 31.3 Å². The van der Waals surface area contributed by atoms with Crippen molar-refractivity contribution in [1.29, 1.82) is 0 Å². The Hall–Kier alpha value is -2.89. The molecule has 3 aromatic rings. The molecule has 1 N–H and O–H groups in total. The molecule has 146 valence electrons. The van der Waals surface area contributed by atoms with Crippen molar-refractivity contribution in [3.05, 3.63) is 53.5 Å². The van der Waals surface area contributed by atoms with E-state index in [9.17, 15) is 4.79 Å². The van der Waals surface area contributed by atoms with E-state index in [0.717, 1.165) is 34.5 Å². The van der Waals surface area contributed by atoms with Gasteiger partial charge in [-0.3, -0.25) is 4.79 Å². The number of fused-ring (bicyclic) bond motifs is 1. The Morgan fingerprint density at radius 2 is 2.04 bits per heavy atom. The molecule has 1 amide bonds. The Morgan fingerprint density at radius 3 is 2.79 bits per heavy atom. The predicted molar refractivity (Wildman–Crippen MR) is 111 cm³/mol. The van der Waals surface area contributed by atoms with Crippen molar-refractivity contribution in [2.45, 2.75) is 52.5 Å². The summed E-state index contributed by atoms with van der Waals surface area (Å²) in [5, 5.41) is 8.75. The fourth-order valence-corrected chi connectivity index (χ4v) is 3.94. The summed E-state index contributed by atoms with van der Waals surface area (Å²) in [6, 6.07) is 5.99. The molecule has 0 saturated carbocycles. The van der Waals surface area contributed by atoms with Crippen LogP contribution in [-0.2, 0) is 11.3 Å². The maximum atomic E-state index is 12.5. The van der Waals surface area contributed by atoms with E-state index in [2.05, 4.69) is 29.4 Å². The molecule has 6 heteroatoms. The van der Waals surface area contributed by atoms with Crippen LogP contribution in [0.25, 0.3) is 16.9 Å². The summed E-state index contributed by atoms with van der Waals surface area (Å²) >= 11 is 0. The summed E-state index contributed by atoms with van der Waals surface area (Å²) in [6.07, 6.45) is 12.1. The Balaban J connectivity index is 1.53. The summed E-state index contributed by atoms with van der Waals surface area (Å²) in [7, 11) is 0. The number of rotatable bonds is 6. The fourth-order valence-electron chi connectivity index (χ4n) is 3.94. The van der Waals surface area contributed by atoms with Crippen LogP contribution in [0.15, 0.2) is 42.2 Å². The lowest BCUT2D eigenvalue weighted by atomic mass is 9.97. The first-order valence-electron chi connectivity index (χ1n) is 10.0. The number of hydrogen-bond acceptors (Lipinski definition) is 3. The molecule has 1 aliphatic carbocycles. The van der Waals surface area contributed by atoms with E-state index in [0.29, 0.717) is 6.54 Å². The Bertz CT molecular complexity index is 1010. The molecular formula is C22H27N5O. The van der Waals surface area contributed by atoms with Crippen LogP contribution in [0, 0.1) is 13.8 Å². The molecule has 6 nitrogen and oxygen atoms in total. The minimum absolute atomic E-state index is 0.0270. The Kier molecular flexibility index (Phi) is 5.28. The monoisotopic (exact) mass is 377 g/mol. The molecule has 1 aliphatic rings. The zero-order chi connectivity index (χ0) is 19.5. The molecule has 3 heterocycles. The third kappa shape index (κ3) is 3.86. The average molecular weight is 377 g/mol. The third-order valence-electron chi connectivity index (χ3n) is 5.30. The maximum absolute atomic E-state index is 12.5. The quantitative estimate of drug-likeness (QED) is 0.664. The van der Waals surface area contributed by atoms with Crippen molar-refractivity contribution in [2.24, 2.45) is 0 Å². The second kappa shape index (κ2) is 8.00. The van der Waals surface area contributed by atoms with Gasteiger partial charge in [-0.2, -0.15) is 5.10 Å². The first-order valence-corrected chi connectivity index (χ1v) is 10.0. The Morgan fingerprint density at radius 1 is 1.21 bits per heavy atom. The lowest BCUT2D eigenvalue weighted by Crippen LogP contribution is -2.29. The topological polar surface area (TPSA) is 64.7 Å². The standard InChI is InChI=1S/C22H27N5O/c1-16-14-17(2)24-21-20(16)22(26-12-6-7-13-26)25-27(21)15-19(28)23-11-10-18-8-4-3-5-9-18/h6-8,12-14H,3-5,9-11,15H2,1-2H3,(H,23,28). The minimum Gasteiger partial charge on any atom is -0.354 e. The fraction of sp³-hybridized carbons (Fsp3) is 0.409. The molecule has 0 unspecified atom stereocenters. The molecule has 0 aliphatic heterocycles. The molecule has 3 aromatic heterocycles. The molecular weight excluding hydrogens is 350 g/mol. The third-order valence-corrected chi connectivity index (χ3v) is 5.30. The van der Waals surface area contributed by atoms with Gasteiger partial charge in [-0.25, -0.2) is 9.67 Å². The van der Waals surface area contributed by atoms with Crippen LogP contribution in [0.2, 0.25) is 0 Å². The molecule has 0 aromatic carbocycles. The predicted octanol–water partition coefficient (Wildman–Crippen LogP) is 3.85. The van der Waals surface area contributed by atoms with Crippen molar-refractivity contribution in [1.82, 2.24) is 24.6 Å². The van der Waals surface area contributed by atoms with E-state index < -0.39 is 0 Å². The van der Waals surface area contributed by atoms with Crippen LogP contribution in [0.1, 0.15) is 43.4 Å². The largest absolute Gasteiger partial charge is 0.354 e. The van der Waals surface area contributed by atoms with Gasteiger partial charge in [0.1, 0.15) is 6.54 Å². The molecule has 4 rings (SSSR count). The number of pyridine rings is 1. The Labute approximate surface area is 165 Å². The number of aryl methyl sites for hydroxylation is 2. The smallest absolute Gasteiger partial charge is 0.241 e. The number of nitrogens with zero attached hydrogens (tertiary/aromatic N) is 4. The van der Waals surface area contributed by atoms with Crippen LogP contribution in [0.5, 0.6) is 0 Å². The van der Waals surface area contributed by atoms with Gasteiger partial charge < -0.3 is 9.88 Å². The van der Waals surface area contributed by atoms with Crippen molar-refractivity contribution >= 4 is 16.9 Å². The highest BCUT2D eigenvalue weighted by molar-refractivity contribution is 5.88. The second-order valence-corrected chi connectivity index (χ2v) is 7.56. The maximum Gasteiger partial charge on any atom is 0.241 e. The van der Waals surface area contributed by atoms with Crippen LogP contribution >= 0.6 is 0 Å². The van der Waals surface area contributed by atoms with Crippen molar-refractivity contribution in [3.63, 3.8) is 0 Å². The van der Waals surface area contributed by atoms with E-state index in [1.54, 1.807) is 4.68 Å². The zero-order valence-corrected chi connectivity index (χ0v) is 16.6. The molecule has 0 radical (unpaired) electrons. The van der Waals surface area contributed by atoms with Gasteiger partial charge in [0.05, 0.1) is 5.39 Å². The number of allylic oxidation sites excluding steroid dienone is 1. The van der Waals surface area contributed by atoms with Crippen molar-refractivity contribution < 1.29 is 4.79 Å².